The molecule has 6 nitrogen and oxygen atoms in total. The Morgan fingerprint density at radius 2 is 1.96 bits per heavy atom. The highest BCUT2D eigenvalue weighted by molar-refractivity contribution is 7.91. The molecule has 27 heavy (non-hydrogen) atoms. The Morgan fingerprint density at radius 1 is 1.15 bits per heavy atom. The number of halogens is 1. The molecule has 148 valence electrons. The van der Waals surface area contributed by atoms with Crippen molar-refractivity contribution in [1.29, 1.82) is 0 Å². The number of sulfonamides is 2. The van der Waals surface area contributed by atoms with E-state index >= 15 is 0 Å². The van der Waals surface area contributed by atoms with Crippen molar-refractivity contribution in [3.05, 3.63) is 46.8 Å². The van der Waals surface area contributed by atoms with Crippen LogP contribution in [0, 0.1) is 0 Å². The van der Waals surface area contributed by atoms with Crippen molar-refractivity contribution in [1.82, 2.24) is 9.03 Å². The molecule has 1 aromatic carbocycles. The fourth-order valence-electron chi connectivity index (χ4n) is 3.18. The molecule has 1 fully saturated rings. The lowest BCUT2D eigenvalue weighted by Gasteiger charge is -2.34. The molecule has 2 heterocycles. The fourth-order valence-corrected chi connectivity index (χ4v) is 7.37. The van der Waals surface area contributed by atoms with Crippen LogP contribution in [0.1, 0.15) is 25.7 Å². The highest BCUT2D eigenvalue weighted by Crippen LogP contribution is 2.29. The molecular weight excluding hydrogens is 428 g/mol. The number of thiophene rings is 1. The van der Waals surface area contributed by atoms with Crippen molar-refractivity contribution < 1.29 is 16.8 Å². The maximum atomic E-state index is 12.9. The molecule has 0 amide bonds. The normalized spacial score (nSPS) is 19.2. The van der Waals surface area contributed by atoms with Crippen molar-refractivity contribution in [2.24, 2.45) is 0 Å². The Bertz CT molecular complexity index is 975. The third-order valence-corrected chi connectivity index (χ3v) is 9.53. The van der Waals surface area contributed by atoms with Crippen molar-refractivity contribution in [3.8, 4) is 0 Å². The lowest BCUT2D eigenvalue weighted by molar-refractivity contribution is 0.242. The zero-order valence-corrected chi connectivity index (χ0v) is 17.7. The minimum absolute atomic E-state index is 0.0988. The molecule has 0 aliphatic carbocycles. The SMILES string of the molecule is O=S(=O)(NCCC1CCCCN1S(=O)(=O)c1cccs1)c1cccc(Cl)c1. The number of benzene rings is 1. The first-order valence-electron chi connectivity index (χ1n) is 8.61. The first-order chi connectivity index (χ1) is 12.8. The number of nitrogens with one attached hydrogen (secondary N) is 1. The first kappa shape index (κ1) is 20.8. The Morgan fingerprint density at radius 3 is 2.67 bits per heavy atom. The van der Waals surface area contributed by atoms with Crippen molar-refractivity contribution >= 4 is 43.0 Å². The van der Waals surface area contributed by atoms with Gasteiger partial charge in [0.15, 0.2) is 0 Å². The van der Waals surface area contributed by atoms with E-state index in [9.17, 15) is 16.8 Å². The molecule has 0 radical (unpaired) electrons. The number of rotatable bonds is 7. The molecule has 1 atom stereocenters. The van der Waals surface area contributed by atoms with Gasteiger partial charge < -0.3 is 0 Å². The Kier molecular flexibility index (Phi) is 6.60. The summed E-state index contributed by atoms with van der Waals surface area (Å²) in [5.74, 6) is 0. The third-order valence-electron chi connectivity index (χ3n) is 4.51. The van der Waals surface area contributed by atoms with E-state index in [0.717, 1.165) is 19.3 Å². The minimum atomic E-state index is -3.68. The van der Waals surface area contributed by atoms with Crippen LogP contribution in [0.4, 0.5) is 0 Å². The van der Waals surface area contributed by atoms with E-state index in [-0.39, 0.29) is 17.5 Å². The van der Waals surface area contributed by atoms with Gasteiger partial charge in [-0.1, -0.05) is 30.2 Å². The third kappa shape index (κ3) is 4.90. The summed E-state index contributed by atoms with van der Waals surface area (Å²) >= 11 is 7.06. The summed E-state index contributed by atoms with van der Waals surface area (Å²) in [6.07, 6.45) is 2.89. The summed E-state index contributed by atoms with van der Waals surface area (Å²) in [4.78, 5) is 0.0988. The van der Waals surface area contributed by atoms with E-state index in [1.54, 1.807) is 29.6 Å². The molecule has 3 rings (SSSR count). The van der Waals surface area contributed by atoms with Gasteiger partial charge in [-0.15, -0.1) is 11.3 Å². The fraction of sp³-hybridized carbons (Fsp3) is 0.412. The van der Waals surface area contributed by atoms with Gasteiger partial charge in [0.05, 0.1) is 4.90 Å². The smallest absolute Gasteiger partial charge is 0.211 e. The topological polar surface area (TPSA) is 83.6 Å². The number of piperidine rings is 1. The molecule has 1 N–H and O–H groups in total. The molecule has 1 aliphatic heterocycles. The van der Waals surface area contributed by atoms with Crippen LogP contribution < -0.4 is 4.72 Å². The van der Waals surface area contributed by atoms with Crippen molar-refractivity contribution in [2.45, 2.75) is 40.8 Å². The minimum Gasteiger partial charge on any atom is -0.211 e. The molecule has 0 saturated carbocycles. The first-order valence-corrected chi connectivity index (χ1v) is 12.8. The summed E-state index contributed by atoms with van der Waals surface area (Å²) in [5.41, 5.74) is 0. The monoisotopic (exact) mass is 448 g/mol. The van der Waals surface area contributed by atoms with Gasteiger partial charge >= 0.3 is 0 Å². The second kappa shape index (κ2) is 8.59. The van der Waals surface area contributed by atoms with Gasteiger partial charge in [-0.25, -0.2) is 21.6 Å². The second-order valence-corrected chi connectivity index (χ2v) is 11.6. The van der Waals surface area contributed by atoms with Gasteiger partial charge in [-0.2, -0.15) is 4.31 Å². The second-order valence-electron chi connectivity index (χ2n) is 6.34. The molecule has 10 heteroatoms. The Hall–Kier alpha value is -0.970. The summed E-state index contributed by atoms with van der Waals surface area (Å²) in [6.45, 7) is 0.627. The van der Waals surface area contributed by atoms with E-state index in [2.05, 4.69) is 4.72 Å². The lowest BCUT2D eigenvalue weighted by atomic mass is 10.0. The summed E-state index contributed by atoms with van der Waals surface area (Å²) in [6, 6.07) is 9.15. The van der Waals surface area contributed by atoms with Crippen molar-refractivity contribution in [3.63, 3.8) is 0 Å². The zero-order valence-electron chi connectivity index (χ0n) is 14.5. The van der Waals surface area contributed by atoms with Crippen LogP contribution in [-0.4, -0.2) is 40.3 Å². The predicted octanol–water partition coefficient (Wildman–Crippen LogP) is 3.31. The Labute approximate surface area is 169 Å². The summed E-state index contributed by atoms with van der Waals surface area (Å²) in [7, 11) is -7.21. The van der Waals surface area contributed by atoms with E-state index in [0.29, 0.717) is 22.2 Å². The standard InChI is InChI=1S/C17H21ClN2O4S3/c18-14-5-3-7-16(13-14)26(21,22)19-10-9-15-6-1-2-11-20(15)27(23,24)17-8-4-12-25-17/h3-5,7-8,12-13,15,19H,1-2,6,9-11H2. The molecule has 1 unspecified atom stereocenters. The van der Waals surface area contributed by atoms with Gasteiger partial charge in [0.25, 0.3) is 10.0 Å². The zero-order chi connectivity index (χ0) is 19.5. The quantitative estimate of drug-likeness (QED) is 0.704. The van der Waals surface area contributed by atoms with Gasteiger partial charge in [0.1, 0.15) is 4.21 Å². The van der Waals surface area contributed by atoms with Crippen LogP contribution in [0.2, 0.25) is 5.02 Å². The van der Waals surface area contributed by atoms with Crippen LogP contribution in [0.15, 0.2) is 50.9 Å². The van der Waals surface area contributed by atoms with Gasteiger partial charge in [0.2, 0.25) is 10.0 Å². The largest absolute Gasteiger partial charge is 0.252 e. The van der Waals surface area contributed by atoms with E-state index < -0.39 is 20.0 Å². The predicted molar refractivity (Wildman–Crippen MR) is 107 cm³/mol. The molecule has 1 aliphatic rings. The highest BCUT2D eigenvalue weighted by Gasteiger charge is 2.34. The highest BCUT2D eigenvalue weighted by atomic mass is 35.5. The van der Waals surface area contributed by atoms with Crippen LogP contribution in [0.25, 0.3) is 0 Å². The Balaban J connectivity index is 1.67. The van der Waals surface area contributed by atoms with Crippen molar-refractivity contribution in [2.75, 3.05) is 13.1 Å². The van der Waals surface area contributed by atoms with Gasteiger partial charge in [-0.05, 0) is 48.9 Å². The molecule has 2 aromatic rings. The van der Waals surface area contributed by atoms with Crippen LogP contribution in [0.3, 0.4) is 0 Å². The molecule has 0 bridgehead atoms. The van der Waals surface area contributed by atoms with Crippen LogP contribution in [0.5, 0.6) is 0 Å². The van der Waals surface area contributed by atoms with Crippen LogP contribution in [-0.2, 0) is 20.0 Å². The average Bonchev–Trinajstić information content (AvgIpc) is 3.17. The summed E-state index contributed by atoms with van der Waals surface area (Å²) in [5, 5.41) is 2.09. The molecule has 0 spiro atoms. The maximum absolute atomic E-state index is 12.9. The van der Waals surface area contributed by atoms with E-state index in [1.165, 1.54) is 27.8 Å². The van der Waals surface area contributed by atoms with Gasteiger partial charge in [-0.3, -0.25) is 0 Å². The molecular formula is C17H21ClN2O4S3. The number of nitrogens with zero attached hydrogens (tertiary/aromatic N) is 1. The number of hydrogen-bond acceptors (Lipinski definition) is 5. The molecule has 1 aromatic heterocycles. The van der Waals surface area contributed by atoms with Crippen LogP contribution >= 0.6 is 22.9 Å². The molecule has 1 saturated heterocycles. The van der Waals surface area contributed by atoms with E-state index in [4.69, 9.17) is 11.6 Å². The van der Waals surface area contributed by atoms with Gasteiger partial charge in [0, 0.05) is 24.2 Å². The van der Waals surface area contributed by atoms with E-state index in [1.807, 2.05) is 0 Å². The summed E-state index contributed by atoms with van der Waals surface area (Å²) < 4.78 is 54.9. The number of hydrogen-bond donors (Lipinski definition) is 1. The maximum Gasteiger partial charge on any atom is 0.252 e. The average molecular weight is 449 g/mol. The lowest BCUT2D eigenvalue weighted by Crippen LogP contribution is -2.44.